The van der Waals surface area contributed by atoms with Gasteiger partial charge in [-0.15, -0.1) is 0 Å². The fourth-order valence-electron chi connectivity index (χ4n) is 6.49. The van der Waals surface area contributed by atoms with E-state index in [1.54, 1.807) is 24.3 Å². The summed E-state index contributed by atoms with van der Waals surface area (Å²) in [5.74, 6) is 4.11. The zero-order valence-corrected chi connectivity index (χ0v) is 26.2. The first-order valence-electron chi connectivity index (χ1n) is 16.4. The van der Waals surface area contributed by atoms with Crippen molar-refractivity contribution in [3.05, 3.63) is 90.0 Å². The Balaban J connectivity index is 1.30. The average molecular weight is 601 g/mol. The van der Waals surface area contributed by atoms with Gasteiger partial charge < -0.3 is 20.5 Å². The minimum Gasteiger partial charge on any atom is -0.507 e. The second-order valence-electron chi connectivity index (χ2n) is 12.4. The van der Waals surface area contributed by atoms with Gasteiger partial charge in [0.25, 0.3) is 5.91 Å². The number of phenols is 1. The number of aromatic hydroxyl groups is 1. The maximum Gasteiger partial charge on any atom is 0.255 e. The Morgan fingerprint density at radius 3 is 2.12 bits per heavy atom. The lowest BCUT2D eigenvalue weighted by Gasteiger charge is -2.32. The Labute approximate surface area is 262 Å². The molecule has 5 nitrogen and oxygen atoms in total. The Bertz CT molecular complexity index is 1240. The topological polar surface area (TPSA) is 70.6 Å². The standard InChI is InChI=1S/C37H48N2O3S/c40-35-19-11-10-18-33(35)37(41)39-26-34(38-25-29-12-4-1-5-13-29)36(43-27-30-14-6-2-7-15-30)24-28-20-22-32(23-21-28)42-31-16-8-3-9-17-31/h3,8-11,16-23,29-30,34,36,38,40H,1-2,4-7,12-15,24-27H2,(H,39,41). The quantitative estimate of drug-likeness (QED) is 0.173. The lowest BCUT2D eigenvalue weighted by molar-refractivity contribution is 0.0946. The summed E-state index contributed by atoms with van der Waals surface area (Å²) < 4.78 is 6.05. The van der Waals surface area contributed by atoms with Crippen molar-refractivity contribution in [1.82, 2.24) is 10.6 Å². The molecule has 0 aromatic heterocycles. The first kappa shape index (κ1) is 31.5. The van der Waals surface area contributed by atoms with E-state index in [1.807, 2.05) is 30.3 Å². The Hall–Kier alpha value is -2.96. The number of thioether (sulfide) groups is 1. The molecular formula is C37H48N2O3S. The van der Waals surface area contributed by atoms with Gasteiger partial charge in [-0.05, 0) is 98.2 Å². The summed E-state index contributed by atoms with van der Waals surface area (Å²) in [6.45, 7) is 1.51. The third-order valence-corrected chi connectivity index (χ3v) is 10.7. The minimum absolute atomic E-state index is 0.0211. The molecule has 6 heteroatoms. The molecule has 2 fully saturated rings. The summed E-state index contributed by atoms with van der Waals surface area (Å²) in [5, 5.41) is 17.7. The van der Waals surface area contributed by atoms with Crippen LogP contribution in [-0.2, 0) is 6.42 Å². The first-order valence-corrected chi connectivity index (χ1v) is 17.4. The largest absolute Gasteiger partial charge is 0.507 e. The van der Waals surface area contributed by atoms with Gasteiger partial charge in [0, 0.05) is 17.8 Å². The van der Waals surface area contributed by atoms with Crippen LogP contribution in [-0.4, -0.2) is 41.1 Å². The van der Waals surface area contributed by atoms with Crippen LogP contribution in [0.2, 0.25) is 0 Å². The predicted molar refractivity (Wildman–Crippen MR) is 178 cm³/mol. The highest BCUT2D eigenvalue weighted by Crippen LogP contribution is 2.32. The molecule has 230 valence electrons. The maximum atomic E-state index is 13.1. The fraction of sp³-hybridized carbons (Fsp3) is 0.486. The SMILES string of the molecule is O=C(NCC(NCC1CCCCC1)C(Cc1ccc(Oc2ccccc2)cc1)SCC1CCCCC1)c1ccccc1O. The molecule has 3 aromatic carbocycles. The van der Waals surface area contributed by atoms with Gasteiger partial charge in [-0.3, -0.25) is 4.79 Å². The zero-order valence-electron chi connectivity index (χ0n) is 25.4. The van der Waals surface area contributed by atoms with Gasteiger partial charge in [0.1, 0.15) is 17.2 Å². The monoisotopic (exact) mass is 600 g/mol. The molecule has 2 aliphatic carbocycles. The highest BCUT2D eigenvalue weighted by Gasteiger charge is 2.27. The number of carbonyl (C=O) groups is 1. The van der Waals surface area contributed by atoms with Crippen molar-refractivity contribution in [1.29, 1.82) is 0 Å². The van der Waals surface area contributed by atoms with Gasteiger partial charge in [0.05, 0.1) is 5.56 Å². The van der Waals surface area contributed by atoms with Crippen molar-refractivity contribution in [2.75, 3.05) is 18.8 Å². The van der Waals surface area contributed by atoms with Crippen LogP contribution in [0.15, 0.2) is 78.9 Å². The van der Waals surface area contributed by atoms with Crippen molar-refractivity contribution in [2.45, 2.75) is 81.9 Å². The highest BCUT2D eigenvalue weighted by atomic mass is 32.2. The second kappa shape index (κ2) is 16.8. The van der Waals surface area contributed by atoms with Crippen molar-refractivity contribution in [2.24, 2.45) is 11.8 Å². The van der Waals surface area contributed by atoms with Gasteiger partial charge in [-0.2, -0.15) is 11.8 Å². The normalized spacial score (nSPS) is 17.7. The highest BCUT2D eigenvalue weighted by molar-refractivity contribution is 7.99. The number of nitrogens with one attached hydrogen (secondary N) is 2. The van der Waals surface area contributed by atoms with Crippen molar-refractivity contribution in [3.8, 4) is 17.2 Å². The number of hydrogen-bond acceptors (Lipinski definition) is 5. The smallest absolute Gasteiger partial charge is 0.255 e. The molecule has 2 atom stereocenters. The van der Waals surface area contributed by atoms with E-state index in [2.05, 4.69) is 46.7 Å². The van der Waals surface area contributed by atoms with E-state index in [0.29, 0.717) is 23.3 Å². The van der Waals surface area contributed by atoms with Crippen molar-refractivity contribution >= 4 is 17.7 Å². The number of ether oxygens (including phenoxy) is 1. The molecule has 3 aromatic rings. The van der Waals surface area contributed by atoms with E-state index in [4.69, 9.17) is 4.74 Å². The average Bonchev–Trinajstić information content (AvgIpc) is 3.05. The number of hydrogen-bond donors (Lipinski definition) is 3. The summed E-state index contributed by atoms with van der Waals surface area (Å²) in [6.07, 6.45) is 14.2. The Morgan fingerprint density at radius 1 is 0.791 bits per heavy atom. The van der Waals surface area contributed by atoms with E-state index < -0.39 is 0 Å². The minimum atomic E-state index is -0.221. The van der Waals surface area contributed by atoms with Crippen LogP contribution in [0.5, 0.6) is 17.2 Å². The molecule has 3 N–H and O–H groups in total. The third-order valence-electron chi connectivity index (χ3n) is 9.08. The molecule has 1 amide bonds. The lowest BCUT2D eigenvalue weighted by atomic mass is 9.89. The van der Waals surface area contributed by atoms with Gasteiger partial charge in [-0.25, -0.2) is 0 Å². The molecular weight excluding hydrogens is 552 g/mol. The van der Waals surface area contributed by atoms with Gasteiger partial charge in [0.2, 0.25) is 0 Å². The predicted octanol–water partition coefficient (Wildman–Crippen LogP) is 8.38. The van der Waals surface area contributed by atoms with E-state index in [-0.39, 0.29) is 17.7 Å². The number of carbonyl (C=O) groups excluding carboxylic acids is 1. The number of phenolic OH excluding ortho intramolecular Hbond substituents is 1. The number of rotatable bonds is 14. The third kappa shape index (κ3) is 10.0. The summed E-state index contributed by atoms with van der Waals surface area (Å²) >= 11 is 2.08. The van der Waals surface area contributed by atoms with E-state index in [9.17, 15) is 9.90 Å². The maximum absolute atomic E-state index is 13.1. The summed E-state index contributed by atoms with van der Waals surface area (Å²) in [5.41, 5.74) is 1.60. The van der Waals surface area contributed by atoms with Crippen LogP contribution in [0.1, 0.15) is 80.1 Å². The zero-order chi connectivity index (χ0) is 29.7. The van der Waals surface area contributed by atoms with Crippen LogP contribution in [0.4, 0.5) is 0 Å². The number of amides is 1. The molecule has 0 aliphatic heterocycles. The van der Waals surface area contributed by atoms with E-state index in [0.717, 1.165) is 36.1 Å². The first-order chi connectivity index (χ1) is 21.1. The molecule has 0 heterocycles. The molecule has 0 bridgehead atoms. The number of para-hydroxylation sites is 2. The van der Waals surface area contributed by atoms with E-state index in [1.165, 1.54) is 69.8 Å². The molecule has 2 unspecified atom stereocenters. The Kier molecular flexibility index (Phi) is 12.3. The van der Waals surface area contributed by atoms with Crippen LogP contribution in [0.3, 0.4) is 0 Å². The molecule has 0 radical (unpaired) electrons. The van der Waals surface area contributed by atoms with Crippen LogP contribution in [0, 0.1) is 11.8 Å². The van der Waals surface area contributed by atoms with Gasteiger partial charge in [0.15, 0.2) is 0 Å². The molecule has 2 saturated carbocycles. The second-order valence-corrected chi connectivity index (χ2v) is 13.7. The van der Waals surface area contributed by atoms with Crippen molar-refractivity contribution in [3.63, 3.8) is 0 Å². The molecule has 0 spiro atoms. The van der Waals surface area contributed by atoms with Crippen LogP contribution < -0.4 is 15.4 Å². The number of benzene rings is 3. The molecule has 5 rings (SSSR count). The summed E-state index contributed by atoms with van der Waals surface area (Å²) in [7, 11) is 0. The van der Waals surface area contributed by atoms with Crippen molar-refractivity contribution < 1.29 is 14.6 Å². The van der Waals surface area contributed by atoms with Crippen LogP contribution in [0.25, 0.3) is 0 Å². The molecule has 2 aliphatic rings. The fourth-order valence-corrected chi connectivity index (χ4v) is 8.08. The molecule has 43 heavy (non-hydrogen) atoms. The Morgan fingerprint density at radius 2 is 1.42 bits per heavy atom. The summed E-state index contributed by atoms with van der Waals surface area (Å²) in [4.78, 5) is 13.1. The van der Waals surface area contributed by atoms with Crippen LogP contribution >= 0.6 is 11.8 Å². The van der Waals surface area contributed by atoms with Gasteiger partial charge >= 0.3 is 0 Å². The van der Waals surface area contributed by atoms with E-state index >= 15 is 0 Å². The summed E-state index contributed by atoms with van der Waals surface area (Å²) in [6, 6.07) is 25.3. The van der Waals surface area contributed by atoms with Gasteiger partial charge in [-0.1, -0.05) is 81.0 Å². The lowest BCUT2D eigenvalue weighted by Crippen LogP contribution is -2.49. The molecule has 0 saturated heterocycles.